The summed E-state index contributed by atoms with van der Waals surface area (Å²) in [6.07, 6.45) is 0.161. The van der Waals surface area contributed by atoms with Crippen LogP contribution in [0.3, 0.4) is 0 Å². The van der Waals surface area contributed by atoms with Gasteiger partial charge in [0.05, 0.1) is 5.71 Å². The molecular formula is C12H15NO3. The van der Waals surface area contributed by atoms with Crippen LogP contribution >= 0.6 is 0 Å². The van der Waals surface area contributed by atoms with E-state index in [4.69, 9.17) is 14.3 Å². The van der Waals surface area contributed by atoms with Gasteiger partial charge in [0, 0.05) is 20.6 Å². The second kappa shape index (κ2) is 5.09. The third kappa shape index (κ3) is 2.23. The van der Waals surface area contributed by atoms with Gasteiger partial charge in [0.1, 0.15) is 6.10 Å². The van der Waals surface area contributed by atoms with Crippen LogP contribution < -0.4 is 0 Å². The van der Waals surface area contributed by atoms with E-state index >= 15 is 0 Å². The van der Waals surface area contributed by atoms with Crippen molar-refractivity contribution in [3.8, 4) is 0 Å². The Kier molecular flexibility index (Phi) is 3.54. The highest BCUT2D eigenvalue weighted by Crippen LogP contribution is 2.19. The number of benzene rings is 1. The monoisotopic (exact) mass is 221 g/mol. The largest absolute Gasteiger partial charge is 0.374 e. The molecule has 0 saturated heterocycles. The first-order valence-corrected chi connectivity index (χ1v) is 5.19. The van der Waals surface area contributed by atoms with Gasteiger partial charge in [0.25, 0.3) is 6.29 Å². The van der Waals surface area contributed by atoms with Crippen molar-refractivity contribution < 1.29 is 14.3 Å². The molecule has 0 fully saturated rings. The average Bonchev–Trinajstić information content (AvgIpc) is 2.39. The summed E-state index contributed by atoms with van der Waals surface area (Å²) in [5.41, 5.74) is 1.94. The molecule has 1 heterocycles. The fraction of sp³-hybridized carbons (Fsp3) is 0.417. The summed E-state index contributed by atoms with van der Waals surface area (Å²) in [5.74, 6) is 0. The molecule has 0 spiro atoms. The summed E-state index contributed by atoms with van der Waals surface area (Å²) >= 11 is 0. The van der Waals surface area contributed by atoms with Gasteiger partial charge in [-0.15, -0.1) is 0 Å². The molecule has 86 valence electrons. The zero-order valence-corrected chi connectivity index (χ0v) is 9.42. The van der Waals surface area contributed by atoms with E-state index in [1.165, 1.54) is 0 Å². The summed E-state index contributed by atoms with van der Waals surface area (Å²) in [7, 11) is 3.23. The predicted molar refractivity (Wildman–Crippen MR) is 60.3 cm³/mol. The van der Waals surface area contributed by atoms with Gasteiger partial charge in [-0.2, -0.15) is 0 Å². The molecule has 2 rings (SSSR count). The van der Waals surface area contributed by atoms with Gasteiger partial charge in [-0.1, -0.05) is 35.5 Å². The van der Waals surface area contributed by atoms with Gasteiger partial charge in [-0.3, -0.25) is 0 Å². The molecule has 1 aliphatic heterocycles. The van der Waals surface area contributed by atoms with Crippen molar-refractivity contribution in [1.29, 1.82) is 0 Å². The first-order valence-electron chi connectivity index (χ1n) is 5.19. The lowest BCUT2D eigenvalue weighted by molar-refractivity contribution is -0.192. The van der Waals surface area contributed by atoms with E-state index in [1.54, 1.807) is 14.2 Å². The van der Waals surface area contributed by atoms with Crippen LogP contribution in [0.25, 0.3) is 0 Å². The molecule has 2 atom stereocenters. The Morgan fingerprint density at radius 3 is 2.56 bits per heavy atom. The normalized spacial score (nSPS) is 24.8. The molecule has 0 bridgehead atoms. The van der Waals surface area contributed by atoms with Gasteiger partial charge in [0.2, 0.25) is 0 Å². The number of rotatable bonds is 3. The highest BCUT2D eigenvalue weighted by molar-refractivity contribution is 6.00. The molecule has 0 unspecified atom stereocenters. The van der Waals surface area contributed by atoms with Crippen molar-refractivity contribution in [2.75, 3.05) is 14.2 Å². The van der Waals surface area contributed by atoms with E-state index in [9.17, 15) is 0 Å². The Balaban J connectivity index is 2.16. The van der Waals surface area contributed by atoms with Gasteiger partial charge in [0.15, 0.2) is 0 Å². The Morgan fingerprint density at radius 2 is 1.94 bits per heavy atom. The van der Waals surface area contributed by atoms with Crippen molar-refractivity contribution in [3.63, 3.8) is 0 Å². The number of hydrogen-bond acceptors (Lipinski definition) is 4. The summed E-state index contributed by atoms with van der Waals surface area (Å²) < 4.78 is 10.4. The Bertz CT molecular complexity index is 364. The van der Waals surface area contributed by atoms with E-state index in [0.29, 0.717) is 6.42 Å². The van der Waals surface area contributed by atoms with Crippen LogP contribution in [0.2, 0.25) is 0 Å². The van der Waals surface area contributed by atoms with Crippen LogP contribution in [0.1, 0.15) is 12.0 Å². The van der Waals surface area contributed by atoms with Crippen molar-refractivity contribution in [3.05, 3.63) is 35.9 Å². The van der Waals surface area contributed by atoms with E-state index in [1.807, 2.05) is 30.3 Å². The molecule has 0 aliphatic carbocycles. The Hall–Kier alpha value is -1.39. The molecule has 1 aromatic rings. The van der Waals surface area contributed by atoms with Gasteiger partial charge >= 0.3 is 0 Å². The highest BCUT2D eigenvalue weighted by atomic mass is 16.8. The molecule has 0 amide bonds. The smallest absolute Gasteiger partial charge is 0.253 e. The lowest BCUT2D eigenvalue weighted by atomic mass is 10.0. The molecule has 0 N–H and O–H groups in total. The number of nitrogens with zero attached hydrogens (tertiary/aromatic N) is 1. The maximum absolute atomic E-state index is 5.32. The minimum Gasteiger partial charge on any atom is -0.374 e. The third-order valence-corrected chi connectivity index (χ3v) is 2.61. The van der Waals surface area contributed by atoms with Crippen LogP contribution in [-0.2, 0) is 14.3 Å². The van der Waals surface area contributed by atoms with Crippen LogP contribution in [0.4, 0.5) is 0 Å². The molecule has 1 aromatic carbocycles. The molecule has 0 aromatic heterocycles. The van der Waals surface area contributed by atoms with E-state index in [-0.39, 0.29) is 6.10 Å². The maximum Gasteiger partial charge on any atom is 0.253 e. The molecule has 4 heteroatoms. The first-order chi connectivity index (χ1) is 7.85. The van der Waals surface area contributed by atoms with Crippen molar-refractivity contribution in [2.45, 2.75) is 18.8 Å². The second-order valence-electron chi connectivity index (χ2n) is 3.59. The summed E-state index contributed by atoms with van der Waals surface area (Å²) in [6.45, 7) is 0. The fourth-order valence-electron chi connectivity index (χ4n) is 1.70. The fourth-order valence-corrected chi connectivity index (χ4v) is 1.70. The SMILES string of the molecule is CO[C@H]1ON=C(c2ccccc2)C[C@@H]1OC. The first kappa shape index (κ1) is 11.1. The van der Waals surface area contributed by atoms with Gasteiger partial charge in [-0.05, 0) is 5.56 Å². The van der Waals surface area contributed by atoms with Crippen LogP contribution in [-0.4, -0.2) is 32.3 Å². The number of hydrogen-bond donors (Lipinski definition) is 0. The number of ether oxygens (including phenoxy) is 2. The minimum atomic E-state index is -0.419. The zero-order chi connectivity index (χ0) is 11.4. The lowest BCUT2D eigenvalue weighted by Gasteiger charge is -2.27. The molecular weight excluding hydrogens is 206 g/mol. The average molecular weight is 221 g/mol. The van der Waals surface area contributed by atoms with Crippen molar-refractivity contribution in [1.82, 2.24) is 0 Å². The standard InChI is InChI=1S/C12H15NO3/c1-14-11-8-10(13-16-12(11)15-2)9-6-4-3-5-7-9/h3-7,11-12H,8H2,1-2H3/t11-,12-/m0/s1. The minimum absolute atomic E-state index is 0.113. The van der Waals surface area contributed by atoms with Crippen LogP contribution in [0, 0.1) is 0 Å². The molecule has 1 aliphatic rings. The van der Waals surface area contributed by atoms with Crippen molar-refractivity contribution >= 4 is 5.71 Å². The summed E-state index contributed by atoms with van der Waals surface area (Å²) in [6, 6.07) is 9.92. The zero-order valence-electron chi connectivity index (χ0n) is 9.42. The van der Waals surface area contributed by atoms with E-state index in [0.717, 1.165) is 11.3 Å². The Morgan fingerprint density at radius 1 is 1.19 bits per heavy atom. The number of oxime groups is 1. The molecule has 4 nitrogen and oxygen atoms in total. The second-order valence-corrected chi connectivity index (χ2v) is 3.59. The van der Waals surface area contributed by atoms with Crippen molar-refractivity contribution in [2.24, 2.45) is 5.16 Å². The summed E-state index contributed by atoms with van der Waals surface area (Å²) in [5, 5.41) is 4.06. The van der Waals surface area contributed by atoms with E-state index < -0.39 is 6.29 Å². The van der Waals surface area contributed by atoms with Crippen LogP contribution in [0.15, 0.2) is 35.5 Å². The maximum atomic E-state index is 5.32. The molecule has 16 heavy (non-hydrogen) atoms. The lowest BCUT2D eigenvalue weighted by Crippen LogP contribution is -2.37. The highest BCUT2D eigenvalue weighted by Gasteiger charge is 2.29. The predicted octanol–water partition coefficient (Wildman–Crippen LogP) is 1.80. The quantitative estimate of drug-likeness (QED) is 0.781. The third-order valence-electron chi connectivity index (χ3n) is 2.61. The topological polar surface area (TPSA) is 40.0 Å². The van der Waals surface area contributed by atoms with Gasteiger partial charge < -0.3 is 14.3 Å². The van der Waals surface area contributed by atoms with E-state index in [2.05, 4.69) is 5.16 Å². The van der Waals surface area contributed by atoms with Gasteiger partial charge in [-0.25, -0.2) is 0 Å². The number of methoxy groups -OCH3 is 2. The summed E-state index contributed by atoms with van der Waals surface area (Å²) in [4.78, 5) is 5.24. The Labute approximate surface area is 94.8 Å². The van der Waals surface area contributed by atoms with Crippen LogP contribution in [0.5, 0.6) is 0 Å². The molecule has 0 saturated carbocycles. The molecule has 0 radical (unpaired) electrons.